The van der Waals surface area contributed by atoms with Crippen LogP contribution in [0.3, 0.4) is 0 Å². The number of rotatable bonds is 8. The van der Waals surface area contributed by atoms with Gasteiger partial charge in [-0.1, -0.05) is 17.8 Å². The highest BCUT2D eigenvalue weighted by Crippen LogP contribution is 2.18. The molecule has 3 rings (SSSR count). The normalized spacial score (nSPS) is 14.6. The Labute approximate surface area is 122 Å². The van der Waals surface area contributed by atoms with Crippen LogP contribution in [-0.2, 0) is 13.0 Å². The van der Waals surface area contributed by atoms with Crippen LogP contribution in [0, 0.1) is 0 Å². The van der Waals surface area contributed by atoms with Crippen molar-refractivity contribution in [1.29, 1.82) is 0 Å². The van der Waals surface area contributed by atoms with Gasteiger partial charge in [-0.3, -0.25) is 4.98 Å². The Morgan fingerprint density at radius 2 is 2.35 bits per heavy atom. The SMILES string of the molecule is c1cncc(CCSc2nnnn2CCNC2CC2)c1. The molecule has 0 atom stereocenters. The maximum atomic E-state index is 4.12. The second-order valence-corrected chi connectivity index (χ2v) is 5.93. The van der Waals surface area contributed by atoms with Crippen LogP contribution in [0.4, 0.5) is 0 Å². The molecule has 1 N–H and O–H groups in total. The van der Waals surface area contributed by atoms with Crippen LogP contribution in [0.15, 0.2) is 29.7 Å². The second-order valence-electron chi connectivity index (χ2n) is 4.87. The summed E-state index contributed by atoms with van der Waals surface area (Å²) in [4.78, 5) is 4.12. The van der Waals surface area contributed by atoms with Gasteiger partial charge < -0.3 is 5.32 Å². The molecular formula is C13H18N6S. The van der Waals surface area contributed by atoms with E-state index in [0.29, 0.717) is 0 Å². The fourth-order valence-corrected chi connectivity index (χ4v) is 2.80. The van der Waals surface area contributed by atoms with Crippen LogP contribution in [0.2, 0.25) is 0 Å². The van der Waals surface area contributed by atoms with Crippen molar-refractivity contribution in [3.05, 3.63) is 30.1 Å². The van der Waals surface area contributed by atoms with E-state index in [4.69, 9.17) is 0 Å². The van der Waals surface area contributed by atoms with Gasteiger partial charge in [-0.2, -0.15) is 0 Å². The van der Waals surface area contributed by atoms with E-state index in [1.165, 1.54) is 18.4 Å². The Morgan fingerprint density at radius 3 is 3.15 bits per heavy atom. The van der Waals surface area contributed by atoms with Crippen molar-refractivity contribution in [2.45, 2.75) is 37.0 Å². The molecule has 0 spiro atoms. The minimum absolute atomic E-state index is 0.730. The first kappa shape index (κ1) is 13.5. The maximum Gasteiger partial charge on any atom is 0.209 e. The van der Waals surface area contributed by atoms with Crippen LogP contribution < -0.4 is 5.32 Å². The molecule has 7 heteroatoms. The van der Waals surface area contributed by atoms with Gasteiger partial charge in [-0.15, -0.1) is 5.10 Å². The molecule has 1 aliphatic carbocycles. The van der Waals surface area contributed by atoms with Gasteiger partial charge in [-0.05, 0) is 41.3 Å². The average Bonchev–Trinajstić information content (AvgIpc) is 3.20. The molecule has 0 saturated heterocycles. The number of nitrogens with one attached hydrogen (secondary N) is 1. The van der Waals surface area contributed by atoms with Crippen LogP contribution in [0.25, 0.3) is 0 Å². The second kappa shape index (κ2) is 6.81. The number of tetrazole rings is 1. The van der Waals surface area contributed by atoms with Crippen molar-refractivity contribution in [2.24, 2.45) is 0 Å². The molecule has 0 bridgehead atoms. The Balaban J connectivity index is 1.43. The molecule has 0 unspecified atom stereocenters. The van der Waals surface area contributed by atoms with E-state index < -0.39 is 0 Å². The summed E-state index contributed by atoms with van der Waals surface area (Å²) in [5.41, 5.74) is 1.24. The maximum absolute atomic E-state index is 4.12. The summed E-state index contributed by atoms with van der Waals surface area (Å²) in [6, 6.07) is 4.79. The molecular weight excluding hydrogens is 272 g/mol. The number of nitrogens with zero attached hydrogens (tertiary/aromatic N) is 5. The Hall–Kier alpha value is -1.47. The fourth-order valence-electron chi connectivity index (χ4n) is 1.91. The summed E-state index contributed by atoms with van der Waals surface area (Å²) < 4.78 is 1.88. The number of aryl methyl sites for hydroxylation is 1. The predicted molar refractivity (Wildman–Crippen MR) is 77.5 cm³/mol. The highest BCUT2D eigenvalue weighted by atomic mass is 32.2. The Morgan fingerprint density at radius 1 is 1.40 bits per heavy atom. The molecule has 1 saturated carbocycles. The number of thioether (sulfide) groups is 1. The summed E-state index contributed by atoms with van der Waals surface area (Å²) >= 11 is 1.69. The van der Waals surface area contributed by atoms with Crippen molar-refractivity contribution in [1.82, 2.24) is 30.5 Å². The van der Waals surface area contributed by atoms with Crippen LogP contribution in [0.5, 0.6) is 0 Å². The Kier molecular flexibility index (Phi) is 4.60. The monoisotopic (exact) mass is 290 g/mol. The summed E-state index contributed by atoms with van der Waals surface area (Å²) in [7, 11) is 0. The van der Waals surface area contributed by atoms with Gasteiger partial charge >= 0.3 is 0 Å². The lowest BCUT2D eigenvalue weighted by Gasteiger charge is -2.05. The van der Waals surface area contributed by atoms with Gasteiger partial charge in [0.1, 0.15) is 0 Å². The molecule has 0 amide bonds. The molecule has 0 aromatic carbocycles. The molecule has 2 aromatic heterocycles. The zero-order valence-electron chi connectivity index (χ0n) is 11.3. The third kappa shape index (κ3) is 4.01. The van der Waals surface area contributed by atoms with Crippen molar-refractivity contribution in [2.75, 3.05) is 12.3 Å². The number of hydrogen-bond donors (Lipinski definition) is 1. The largest absolute Gasteiger partial charge is 0.312 e. The number of pyridine rings is 1. The molecule has 1 aliphatic rings. The topological polar surface area (TPSA) is 68.5 Å². The van der Waals surface area contributed by atoms with Gasteiger partial charge in [-0.25, -0.2) is 4.68 Å². The number of hydrogen-bond acceptors (Lipinski definition) is 6. The van der Waals surface area contributed by atoms with E-state index in [1.54, 1.807) is 18.0 Å². The van der Waals surface area contributed by atoms with Crippen LogP contribution in [-0.4, -0.2) is 43.5 Å². The third-order valence-corrected chi connectivity index (χ3v) is 4.14. The quantitative estimate of drug-likeness (QED) is 0.736. The fraction of sp³-hybridized carbons (Fsp3) is 0.538. The van der Waals surface area contributed by atoms with Crippen molar-refractivity contribution in [3.8, 4) is 0 Å². The first-order valence-corrected chi connectivity index (χ1v) is 7.91. The van der Waals surface area contributed by atoms with Gasteiger partial charge in [0.25, 0.3) is 0 Å². The molecule has 20 heavy (non-hydrogen) atoms. The molecule has 0 radical (unpaired) electrons. The first-order chi connectivity index (χ1) is 9.92. The zero-order valence-corrected chi connectivity index (χ0v) is 12.1. The zero-order chi connectivity index (χ0) is 13.6. The van der Waals surface area contributed by atoms with E-state index >= 15 is 0 Å². The lowest BCUT2D eigenvalue weighted by atomic mass is 10.2. The summed E-state index contributed by atoms with van der Waals surface area (Å²) in [5, 5.41) is 16.3. The minimum Gasteiger partial charge on any atom is -0.312 e. The van der Waals surface area contributed by atoms with E-state index in [0.717, 1.165) is 36.5 Å². The van der Waals surface area contributed by atoms with Gasteiger partial charge in [0, 0.05) is 30.7 Å². The highest BCUT2D eigenvalue weighted by Gasteiger charge is 2.20. The smallest absolute Gasteiger partial charge is 0.209 e. The van der Waals surface area contributed by atoms with Gasteiger partial charge in [0.15, 0.2) is 0 Å². The lowest BCUT2D eigenvalue weighted by molar-refractivity contribution is 0.509. The number of aromatic nitrogens is 5. The molecule has 106 valence electrons. The lowest BCUT2D eigenvalue weighted by Crippen LogP contribution is -2.22. The van der Waals surface area contributed by atoms with Gasteiger partial charge in [0.2, 0.25) is 5.16 Å². The van der Waals surface area contributed by atoms with Crippen molar-refractivity contribution >= 4 is 11.8 Å². The Bertz CT molecular complexity index is 525. The molecule has 6 nitrogen and oxygen atoms in total. The van der Waals surface area contributed by atoms with Crippen LogP contribution in [0.1, 0.15) is 18.4 Å². The van der Waals surface area contributed by atoms with E-state index in [1.807, 2.05) is 16.9 Å². The van der Waals surface area contributed by atoms with Crippen molar-refractivity contribution in [3.63, 3.8) is 0 Å². The minimum atomic E-state index is 0.730. The molecule has 0 aliphatic heterocycles. The average molecular weight is 290 g/mol. The van der Waals surface area contributed by atoms with E-state index in [2.05, 4.69) is 31.9 Å². The van der Waals surface area contributed by atoms with Crippen molar-refractivity contribution < 1.29 is 0 Å². The summed E-state index contributed by atoms with van der Waals surface area (Å²) in [6.45, 7) is 1.77. The van der Waals surface area contributed by atoms with E-state index in [-0.39, 0.29) is 0 Å². The standard InChI is InChI=1S/C13H18N6S/c1-2-11(10-14-6-1)5-9-20-13-16-17-18-19(13)8-7-15-12-3-4-12/h1-2,6,10,12,15H,3-5,7-9H2. The highest BCUT2D eigenvalue weighted by molar-refractivity contribution is 7.99. The summed E-state index contributed by atoms with van der Waals surface area (Å²) in [6.07, 6.45) is 7.30. The van der Waals surface area contributed by atoms with E-state index in [9.17, 15) is 0 Å². The molecule has 1 fully saturated rings. The first-order valence-electron chi connectivity index (χ1n) is 6.93. The summed E-state index contributed by atoms with van der Waals surface area (Å²) in [5.74, 6) is 0.960. The predicted octanol–water partition coefficient (Wildman–Crippen LogP) is 1.15. The van der Waals surface area contributed by atoms with Crippen LogP contribution >= 0.6 is 11.8 Å². The molecule has 2 heterocycles. The van der Waals surface area contributed by atoms with Gasteiger partial charge in [0.05, 0.1) is 6.54 Å². The molecule has 2 aromatic rings. The third-order valence-electron chi connectivity index (χ3n) is 3.18.